The Balaban J connectivity index is 2.36. The quantitative estimate of drug-likeness (QED) is 0.802. The number of hydrogen-bond donors (Lipinski definition) is 1. The molecule has 0 aliphatic rings. The van der Waals surface area contributed by atoms with Crippen LogP contribution in [0.2, 0.25) is 0 Å². The highest BCUT2D eigenvalue weighted by Gasteiger charge is 2.22. The van der Waals surface area contributed by atoms with Gasteiger partial charge in [0.2, 0.25) is 0 Å². The first-order valence-corrected chi connectivity index (χ1v) is 5.40. The van der Waals surface area contributed by atoms with E-state index in [-0.39, 0.29) is 5.41 Å². The molecule has 0 saturated carbocycles. The average molecular weight is 224 g/mol. The van der Waals surface area contributed by atoms with E-state index in [2.05, 4.69) is 15.1 Å². The molecule has 80 valence electrons. The van der Waals surface area contributed by atoms with E-state index in [4.69, 9.17) is 10.3 Å². The summed E-state index contributed by atoms with van der Waals surface area (Å²) in [7, 11) is 0. The second-order valence-electron chi connectivity index (χ2n) is 4.24. The predicted octanol–water partition coefficient (Wildman–Crippen LogP) is 2.07. The predicted molar refractivity (Wildman–Crippen MR) is 58.5 cm³/mol. The maximum Gasteiger partial charge on any atom is 0.277 e. The highest BCUT2D eigenvalue weighted by Crippen LogP contribution is 2.25. The third-order valence-corrected chi connectivity index (χ3v) is 2.51. The lowest BCUT2D eigenvalue weighted by Crippen LogP contribution is -2.13. The zero-order valence-corrected chi connectivity index (χ0v) is 9.63. The van der Waals surface area contributed by atoms with Gasteiger partial charge in [-0.1, -0.05) is 25.9 Å². The summed E-state index contributed by atoms with van der Waals surface area (Å²) >= 11 is 1.35. The van der Waals surface area contributed by atoms with Gasteiger partial charge in [-0.05, 0) is 0 Å². The summed E-state index contributed by atoms with van der Waals surface area (Å²) in [5, 5.41) is 6.21. The summed E-state index contributed by atoms with van der Waals surface area (Å²) in [6, 6.07) is 0. The monoisotopic (exact) mass is 224 g/mol. The van der Waals surface area contributed by atoms with E-state index in [0.29, 0.717) is 22.5 Å². The minimum Gasteiger partial charge on any atom is -0.375 e. The van der Waals surface area contributed by atoms with Crippen LogP contribution >= 0.6 is 11.3 Å². The molecule has 0 radical (unpaired) electrons. The maximum absolute atomic E-state index is 5.53. The van der Waals surface area contributed by atoms with E-state index in [0.717, 1.165) is 0 Å². The largest absolute Gasteiger partial charge is 0.375 e. The molecule has 0 bridgehead atoms. The number of thiazole rings is 1. The molecular weight excluding hydrogens is 212 g/mol. The van der Waals surface area contributed by atoms with Crippen LogP contribution < -0.4 is 5.73 Å². The molecule has 6 heteroatoms. The van der Waals surface area contributed by atoms with Gasteiger partial charge in [-0.3, -0.25) is 0 Å². The average Bonchev–Trinajstić information content (AvgIpc) is 2.69. The van der Waals surface area contributed by atoms with Crippen molar-refractivity contribution in [2.75, 3.05) is 5.73 Å². The number of aromatic nitrogens is 3. The molecule has 2 heterocycles. The van der Waals surface area contributed by atoms with Crippen molar-refractivity contribution in [3.05, 3.63) is 11.2 Å². The summed E-state index contributed by atoms with van der Waals surface area (Å²) in [5.41, 5.74) is 6.04. The fourth-order valence-corrected chi connectivity index (χ4v) is 1.55. The standard InChI is InChI=1S/C9H12N4OS/c1-9(2,3)7-12-6(14-13-7)5-4-15-8(10)11-5/h4H,1-3H3,(H2,10,11). The van der Waals surface area contributed by atoms with E-state index in [9.17, 15) is 0 Å². The molecule has 0 aliphatic carbocycles. The van der Waals surface area contributed by atoms with Crippen LogP contribution in [-0.4, -0.2) is 15.1 Å². The summed E-state index contributed by atoms with van der Waals surface area (Å²) in [4.78, 5) is 8.35. The molecular formula is C9H12N4OS. The van der Waals surface area contributed by atoms with Crippen LogP contribution in [0.5, 0.6) is 0 Å². The van der Waals surface area contributed by atoms with Gasteiger partial charge < -0.3 is 10.3 Å². The van der Waals surface area contributed by atoms with Gasteiger partial charge >= 0.3 is 0 Å². The molecule has 2 rings (SSSR count). The molecule has 2 aromatic heterocycles. The van der Waals surface area contributed by atoms with Gasteiger partial charge in [-0.15, -0.1) is 11.3 Å². The topological polar surface area (TPSA) is 77.8 Å². The Kier molecular flexibility index (Phi) is 2.22. The molecule has 15 heavy (non-hydrogen) atoms. The maximum atomic E-state index is 5.53. The lowest BCUT2D eigenvalue weighted by atomic mass is 9.96. The van der Waals surface area contributed by atoms with E-state index in [1.54, 1.807) is 5.38 Å². The van der Waals surface area contributed by atoms with Crippen LogP contribution in [0.1, 0.15) is 26.6 Å². The number of anilines is 1. The van der Waals surface area contributed by atoms with Crippen molar-refractivity contribution in [2.45, 2.75) is 26.2 Å². The second-order valence-corrected chi connectivity index (χ2v) is 5.13. The number of nitrogens with two attached hydrogens (primary N) is 1. The molecule has 0 atom stereocenters. The van der Waals surface area contributed by atoms with Crippen LogP contribution in [-0.2, 0) is 5.41 Å². The highest BCUT2D eigenvalue weighted by atomic mass is 32.1. The molecule has 2 N–H and O–H groups in total. The van der Waals surface area contributed by atoms with Gasteiger partial charge in [0.15, 0.2) is 11.0 Å². The van der Waals surface area contributed by atoms with Gasteiger partial charge in [0.05, 0.1) is 0 Å². The smallest absolute Gasteiger partial charge is 0.277 e. The SMILES string of the molecule is CC(C)(C)c1noc(-c2csc(N)n2)n1. The summed E-state index contributed by atoms with van der Waals surface area (Å²) in [5.74, 6) is 1.09. The van der Waals surface area contributed by atoms with Crippen molar-refractivity contribution < 1.29 is 4.52 Å². The number of rotatable bonds is 1. The number of nitrogen functional groups attached to an aromatic ring is 1. The molecule has 0 aromatic carbocycles. The van der Waals surface area contributed by atoms with Crippen LogP contribution in [0.25, 0.3) is 11.6 Å². The second kappa shape index (κ2) is 3.30. The van der Waals surface area contributed by atoms with Gasteiger partial charge in [0, 0.05) is 10.8 Å². The highest BCUT2D eigenvalue weighted by molar-refractivity contribution is 7.13. The van der Waals surface area contributed by atoms with Crippen LogP contribution in [0.15, 0.2) is 9.90 Å². The Morgan fingerprint density at radius 1 is 1.33 bits per heavy atom. The first-order chi connectivity index (χ1) is 6.97. The molecule has 0 unspecified atom stereocenters. The summed E-state index contributed by atoms with van der Waals surface area (Å²) in [6.45, 7) is 6.07. The minimum absolute atomic E-state index is 0.122. The molecule has 0 amide bonds. The van der Waals surface area contributed by atoms with Gasteiger partial charge in [-0.2, -0.15) is 4.98 Å². The molecule has 0 spiro atoms. The van der Waals surface area contributed by atoms with E-state index in [1.807, 2.05) is 20.8 Å². The van der Waals surface area contributed by atoms with Crippen molar-refractivity contribution in [1.82, 2.24) is 15.1 Å². The molecule has 2 aromatic rings. The van der Waals surface area contributed by atoms with Gasteiger partial charge in [0.1, 0.15) is 5.69 Å². The summed E-state index contributed by atoms with van der Waals surface area (Å²) in [6.07, 6.45) is 0. The van der Waals surface area contributed by atoms with Crippen LogP contribution in [0.3, 0.4) is 0 Å². The fourth-order valence-electron chi connectivity index (χ4n) is 1.02. The van der Waals surface area contributed by atoms with Gasteiger partial charge in [0.25, 0.3) is 5.89 Å². The number of nitrogens with zero attached hydrogens (tertiary/aromatic N) is 3. The molecule has 0 saturated heterocycles. The van der Waals surface area contributed by atoms with Crippen LogP contribution in [0.4, 0.5) is 5.13 Å². The van der Waals surface area contributed by atoms with E-state index < -0.39 is 0 Å². The Labute approximate surface area is 91.3 Å². The zero-order chi connectivity index (χ0) is 11.1. The minimum atomic E-state index is -0.122. The van der Waals surface area contributed by atoms with Crippen LogP contribution in [0, 0.1) is 0 Å². The van der Waals surface area contributed by atoms with Crippen molar-refractivity contribution >= 4 is 16.5 Å². The molecule has 5 nitrogen and oxygen atoms in total. The Hall–Kier alpha value is -1.43. The first-order valence-electron chi connectivity index (χ1n) is 4.52. The third-order valence-electron chi connectivity index (χ3n) is 1.84. The van der Waals surface area contributed by atoms with Crippen molar-refractivity contribution in [2.24, 2.45) is 0 Å². The van der Waals surface area contributed by atoms with Crippen molar-refractivity contribution in [3.63, 3.8) is 0 Å². The Morgan fingerprint density at radius 2 is 2.07 bits per heavy atom. The Bertz CT molecular complexity index is 468. The van der Waals surface area contributed by atoms with E-state index in [1.165, 1.54) is 11.3 Å². The third kappa shape index (κ3) is 1.99. The molecule has 0 aliphatic heterocycles. The van der Waals surface area contributed by atoms with Gasteiger partial charge in [-0.25, -0.2) is 4.98 Å². The van der Waals surface area contributed by atoms with E-state index >= 15 is 0 Å². The lowest BCUT2D eigenvalue weighted by molar-refractivity contribution is 0.401. The number of hydrogen-bond acceptors (Lipinski definition) is 6. The fraction of sp³-hybridized carbons (Fsp3) is 0.444. The summed E-state index contributed by atoms with van der Waals surface area (Å²) < 4.78 is 5.12. The van der Waals surface area contributed by atoms with Crippen molar-refractivity contribution in [3.8, 4) is 11.6 Å². The van der Waals surface area contributed by atoms with Crippen molar-refractivity contribution in [1.29, 1.82) is 0 Å². The normalized spacial score (nSPS) is 11.9. The first kappa shape index (κ1) is 10.1. The Morgan fingerprint density at radius 3 is 2.53 bits per heavy atom. The molecule has 0 fully saturated rings. The zero-order valence-electron chi connectivity index (χ0n) is 8.81. The lowest BCUT2D eigenvalue weighted by Gasteiger charge is -2.10.